The van der Waals surface area contributed by atoms with Crippen LogP contribution >= 0.6 is 11.5 Å². The Kier molecular flexibility index (Phi) is 2.53. The molecule has 1 aliphatic heterocycles. The summed E-state index contributed by atoms with van der Waals surface area (Å²) in [4.78, 5) is 17.8. The number of aromatic carboxylic acids is 1. The van der Waals surface area contributed by atoms with Crippen molar-refractivity contribution in [2.75, 3.05) is 4.90 Å². The van der Waals surface area contributed by atoms with Gasteiger partial charge in [-0.05, 0) is 36.1 Å². The maximum atomic E-state index is 11.0. The topological polar surface area (TPSA) is 66.3 Å². The summed E-state index contributed by atoms with van der Waals surface area (Å²) < 4.78 is 4.43. The fourth-order valence-electron chi connectivity index (χ4n) is 2.53. The van der Waals surface area contributed by atoms with Crippen molar-refractivity contribution in [1.29, 1.82) is 0 Å². The van der Waals surface area contributed by atoms with E-state index in [1.807, 2.05) is 6.07 Å². The molecule has 5 nitrogen and oxygen atoms in total. The van der Waals surface area contributed by atoms with Gasteiger partial charge in [0.15, 0.2) is 0 Å². The van der Waals surface area contributed by atoms with E-state index in [0.717, 1.165) is 29.6 Å². The van der Waals surface area contributed by atoms with Crippen LogP contribution in [0, 0.1) is 0 Å². The zero-order chi connectivity index (χ0) is 13.7. The molecule has 1 aliphatic carbocycles. The molecule has 20 heavy (non-hydrogen) atoms. The third kappa shape index (κ3) is 1.96. The van der Waals surface area contributed by atoms with Crippen LogP contribution in [0.2, 0.25) is 0 Å². The quantitative estimate of drug-likeness (QED) is 0.940. The van der Waals surface area contributed by atoms with Crippen molar-refractivity contribution in [2.24, 2.45) is 0 Å². The van der Waals surface area contributed by atoms with Crippen molar-refractivity contribution < 1.29 is 9.90 Å². The van der Waals surface area contributed by atoms with E-state index < -0.39 is 5.97 Å². The highest BCUT2D eigenvalue weighted by atomic mass is 32.1. The van der Waals surface area contributed by atoms with E-state index in [1.165, 1.54) is 29.9 Å². The monoisotopic (exact) mass is 287 g/mol. The Hall–Kier alpha value is -1.95. The average molecular weight is 287 g/mol. The standard InChI is InChI=1S/C14H13N3O2S/c18-13(19)9-3-4-10-6-17(7-11(10)5-9)14-15-12(16-20-14)8-1-2-8/h3-5,8H,1-2,6-7H2,(H,18,19). The molecule has 2 heterocycles. The van der Waals surface area contributed by atoms with E-state index >= 15 is 0 Å². The Morgan fingerprint density at radius 3 is 2.85 bits per heavy atom. The van der Waals surface area contributed by atoms with Gasteiger partial charge in [-0.2, -0.15) is 4.37 Å². The van der Waals surface area contributed by atoms with Gasteiger partial charge in [0, 0.05) is 30.5 Å². The Morgan fingerprint density at radius 2 is 2.10 bits per heavy atom. The summed E-state index contributed by atoms with van der Waals surface area (Å²) in [6.07, 6.45) is 2.41. The minimum atomic E-state index is -0.877. The van der Waals surface area contributed by atoms with Gasteiger partial charge >= 0.3 is 5.97 Å². The van der Waals surface area contributed by atoms with Gasteiger partial charge in [-0.15, -0.1) is 0 Å². The molecule has 1 fully saturated rings. The van der Waals surface area contributed by atoms with Crippen LogP contribution in [0.1, 0.15) is 46.1 Å². The van der Waals surface area contributed by atoms with Crippen LogP contribution < -0.4 is 4.90 Å². The SMILES string of the molecule is O=C(O)c1ccc2c(c1)CN(c1nc(C3CC3)ns1)C2. The minimum absolute atomic E-state index is 0.349. The van der Waals surface area contributed by atoms with E-state index in [0.29, 0.717) is 11.5 Å². The Balaban J connectivity index is 1.58. The molecule has 0 bridgehead atoms. The second kappa shape index (κ2) is 4.28. The molecular weight excluding hydrogens is 274 g/mol. The predicted octanol–water partition coefficient (Wildman–Crippen LogP) is 2.63. The van der Waals surface area contributed by atoms with Crippen LogP contribution in [0.25, 0.3) is 0 Å². The summed E-state index contributed by atoms with van der Waals surface area (Å²) in [7, 11) is 0. The molecule has 102 valence electrons. The van der Waals surface area contributed by atoms with E-state index in [4.69, 9.17) is 5.11 Å². The summed E-state index contributed by atoms with van der Waals surface area (Å²) in [5.74, 6) is 0.675. The Bertz CT molecular complexity index is 693. The number of carboxylic acid groups (broad SMARTS) is 1. The van der Waals surface area contributed by atoms with Crippen LogP contribution in [0.15, 0.2) is 18.2 Å². The first kappa shape index (κ1) is 11.8. The smallest absolute Gasteiger partial charge is 0.335 e. The van der Waals surface area contributed by atoms with Gasteiger partial charge in [-0.1, -0.05) is 6.07 Å². The largest absolute Gasteiger partial charge is 0.478 e. The maximum absolute atomic E-state index is 11.0. The third-order valence-electron chi connectivity index (χ3n) is 3.82. The van der Waals surface area contributed by atoms with Gasteiger partial charge in [-0.25, -0.2) is 9.78 Å². The predicted molar refractivity (Wildman–Crippen MR) is 75.2 cm³/mol. The lowest BCUT2D eigenvalue weighted by molar-refractivity contribution is 0.0697. The molecule has 4 rings (SSSR count). The summed E-state index contributed by atoms with van der Waals surface area (Å²) in [6, 6.07) is 5.34. The molecule has 2 aromatic rings. The number of aromatic nitrogens is 2. The van der Waals surface area contributed by atoms with Crippen molar-refractivity contribution in [3.05, 3.63) is 40.7 Å². The number of carbonyl (C=O) groups is 1. The minimum Gasteiger partial charge on any atom is -0.478 e. The summed E-state index contributed by atoms with van der Waals surface area (Å²) in [6.45, 7) is 1.50. The van der Waals surface area contributed by atoms with E-state index in [2.05, 4.69) is 14.3 Å². The third-order valence-corrected chi connectivity index (χ3v) is 4.61. The Labute approximate surface area is 120 Å². The molecule has 0 saturated heterocycles. The molecule has 0 radical (unpaired) electrons. The lowest BCUT2D eigenvalue weighted by Crippen LogP contribution is -2.14. The van der Waals surface area contributed by atoms with Crippen molar-refractivity contribution in [2.45, 2.75) is 31.8 Å². The van der Waals surface area contributed by atoms with Crippen molar-refractivity contribution in [1.82, 2.24) is 9.36 Å². The second-order valence-corrected chi connectivity index (χ2v) is 6.08. The number of fused-ring (bicyclic) bond motifs is 1. The van der Waals surface area contributed by atoms with Crippen LogP contribution in [0.4, 0.5) is 5.13 Å². The van der Waals surface area contributed by atoms with Gasteiger partial charge < -0.3 is 10.0 Å². The fourth-order valence-corrected chi connectivity index (χ4v) is 3.27. The van der Waals surface area contributed by atoms with Gasteiger partial charge in [0.1, 0.15) is 5.82 Å². The number of benzene rings is 1. The molecule has 6 heteroatoms. The molecule has 1 aromatic heterocycles. The van der Waals surface area contributed by atoms with E-state index in [1.54, 1.807) is 12.1 Å². The highest BCUT2D eigenvalue weighted by molar-refractivity contribution is 7.09. The highest BCUT2D eigenvalue weighted by Gasteiger charge is 2.30. The molecule has 2 aliphatic rings. The van der Waals surface area contributed by atoms with Crippen LogP contribution in [0.5, 0.6) is 0 Å². The molecule has 0 spiro atoms. The van der Waals surface area contributed by atoms with Crippen molar-refractivity contribution >= 4 is 22.6 Å². The zero-order valence-electron chi connectivity index (χ0n) is 10.7. The molecule has 0 atom stereocenters. The van der Waals surface area contributed by atoms with Gasteiger partial charge in [0.2, 0.25) is 5.13 Å². The van der Waals surface area contributed by atoms with E-state index in [-0.39, 0.29) is 0 Å². The van der Waals surface area contributed by atoms with Crippen LogP contribution in [0.3, 0.4) is 0 Å². The molecule has 0 amide bonds. The number of hydrogen-bond donors (Lipinski definition) is 1. The van der Waals surface area contributed by atoms with Gasteiger partial charge in [0.05, 0.1) is 5.56 Å². The van der Waals surface area contributed by atoms with E-state index in [9.17, 15) is 4.79 Å². The van der Waals surface area contributed by atoms with Crippen molar-refractivity contribution in [3.63, 3.8) is 0 Å². The average Bonchev–Trinajstić information content (AvgIpc) is 3.03. The first-order chi connectivity index (χ1) is 9.70. The molecule has 0 unspecified atom stereocenters. The number of nitrogens with zero attached hydrogens (tertiary/aromatic N) is 3. The molecular formula is C14H13N3O2S. The maximum Gasteiger partial charge on any atom is 0.335 e. The van der Waals surface area contributed by atoms with Gasteiger partial charge in [0.25, 0.3) is 0 Å². The first-order valence-corrected chi connectivity index (χ1v) is 7.42. The van der Waals surface area contributed by atoms with Crippen LogP contribution in [-0.4, -0.2) is 20.4 Å². The number of anilines is 1. The summed E-state index contributed by atoms with van der Waals surface area (Å²) in [5, 5.41) is 9.98. The number of carboxylic acids is 1. The highest BCUT2D eigenvalue weighted by Crippen LogP contribution is 2.40. The Morgan fingerprint density at radius 1 is 1.30 bits per heavy atom. The lowest BCUT2D eigenvalue weighted by Gasteiger charge is -2.11. The number of rotatable bonds is 3. The second-order valence-electron chi connectivity index (χ2n) is 5.35. The summed E-state index contributed by atoms with van der Waals surface area (Å²) in [5.41, 5.74) is 2.60. The number of hydrogen-bond acceptors (Lipinski definition) is 5. The zero-order valence-corrected chi connectivity index (χ0v) is 11.6. The lowest BCUT2D eigenvalue weighted by atomic mass is 10.1. The summed E-state index contributed by atoms with van der Waals surface area (Å²) >= 11 is 1.44. The fraction of sp³-hybridized carbons (Fsp3) is 0.357. The molecule has 1 N–H and O–H groups in total. The normalized spacial score (nSPS) is 17.3. The van der Waals surface area contributed by atoms with Crippen LogP contribution in [-0.2, 0) is 13.1 Å². The molecule has 1 aromatic carbocycles. The first-order valence-electron chi connectivity index (χ1n) is 6.64. The molecule has 1 saturated carbocycles. The van der Waals surface area contributed by atoms with Gasteiger partial charge in [-0.3, -0.25) is 0 Å². The van der Waals surface area contributed by atoms with Crippen molar-refractivity contribution in [3.8, 4) is 0 Å².